The Balaban J connectivity index is 2.42. The van der Waals surface area contributed by atoms with Crippen molar-refractivity contribution in [3.8, 4) is 0 Å². The molecule has 0 unspecified atom stereocenters. The molecule has 0 aliphatic heterocycles. The van der Waals surface area contributed by atoms with E-state index in [4.69, 9.17) is 0 Å². The SMILES string of the molecule is CCCNCCc1cc(C)cc(F)c1. The van der Waals surface area contributed by atoms with Gasteiger partial charge in [-0.15, -0.1) is 0 Å². The molecule has 0 saturated carbocycles. The van der Waals surface area contributed by atoms with Crippen LogP contribution in [-0.2, 0) is 6.42 Å². The minimum absolute atomic E-state index is 0.129. The van der Waals surface area contributed by atoms with Crippen LogP contribution < -0.4 is 5.32 Å². The van der Waals surface area contributed by atoms with Crippen molar-refractivity contribution in [2.75, 3.05) is 13.1 Å². The summed E-state index contributed by atoms with van der Waals surface area (Å²) in [6, 6.07) is 5.21. The summed E-state index contributed by atoms with van der Waals surface area (Å²) in [6.45, 7) is 6.02. The molecule has 0 aliphatic rings. The molecule has 1 nitrogen and oxygen atoms in total. The van der Waals surface area contributed by atoms with Crippen molar-refractivity contribution in [3.63, 3.8) is 0 Å². The van der Waals surface area contributed by atoms with Gasteiger partial charge in [-0.1, -0.05) is 13.0 Å². The highest BCUT2D eigenvalue weighted by molar-refractivity contribution is 5.23. The third kappa shape index (κ3) is 3.88. The second-order valence-corrected chi connectivity index (χ2v) is 3.64. The fourth-order valence-corrected chi connectivity index (χ4v) is 1.49. The van der Waals surface area contributed by atoms with Gasteiger partial charge in [0.15, 0.2) is 0 Å². The Labute approximate surface area is 85.3 Å². The van der Waals surface area contributed by atoms with Crippen molar-refractivity contribution in [1.82, 2.24) is 5.32 Å². The van der Waals surface area contributed by atoms with Crippen molar-refractivity contribution in [3.05, 3.63) is 35.1 Å². The van der Waals surface area contributed by atoms with Crippen LogP contribution in [0.2, 0.25) is 0 Å². The molecule has 0 saturated heterocycles. The van der Waals surface area contributed by atoms with Crippen LogP contribution in [-0.4, -0.2) is 13.1 Å². The number of aryl methyl sites for hydroxylation is 1. The lowest BCUT2D eigenvalue weighted by Gasteiger charge is -2.04. The summed E-state index contributed by atoms with van der Waals surface area (Å²) in [5, 5.41) is 3.30. The van der Waals surface area contributed by atoms with Crippen LogP contribution in [0.4, 0.5) is 4.39 Å². The van der Waals surface area contributed by atoms with Crippen LogP contribution in [0.1, 0.15) is 24.5 Å². The summed E-state index contributed by atoms with van der Waals surface area (Å²) in [6.07, 6.45) is 2.04. The van der Waals surface area contributed by atoms with Crippen molar-refractivity contribution < 1.29 is 4.39 Å². The van der Waals surface area contributed by atoms with Crippen LogP contribution in [0.25, 0.3) is 0 Å². The minimum atomic E-state index is -0.129. The van der Waals surface area contributed by atoms with Crippen LogP contribution in [0.3, 0.4) is 0 Å². The first-order chi connectivity index (χ1) is 6.72. The third-order valence-electron chi connectivity index (χ3n) is 2.12. The lowest BCUT2D eigenvalue weighted by molar-refractivity contribution is 0.620. The summed E-state index contributed by atoms with van der Waals surface area (Å²) in [7, 11) is 0. The number of hydrogen-bond donors (Lipinski definition) is 1. The Kier molecular flexibility index (Phi) is 4.60. The summed E-state index contributed by atoms with van der Waals surface area (Å²) in [5.41, 5.74) is 2.07. The first kappa shape index (κ1) is 11.2. The lowest BCUT2D eigenvalue weighted by atomic mass is 10.1. The van der Waals surface area contributed by atoms with Gasteiger partial charge < -0.3 is 5.32 Å². The monoisotopic (exact) mass is 195 g/mol. The molecule has 0 spiro atoms. The Bertz CT molecular complexity index is 263. The normalized spacial score (nSPS) is 10.5. The maximum atomic E-state index is 13.0. The summed E-state index contributed by atoms with van der Waals surface area (Å²) in [4.78, 5) is 0. The number of benzene rings is 1. The first-order valence-corrected chi connectivity index (χ1v) is 5.19. The van der Waals surface area contributed by atoms with E-state index in [9.17, 15) is 4.39 Å². The van der Waals surface area contributed by atoms with Gasteiger partial charge in [0.2, 0.25) is 0 Å². The van der Waals surface area contributed by atoms with Gasteiger partial charge in [0.05, 0.1) is 0 Å². The van der Waals surface area contributed by atoms with Gasteiger partial charge >= 0.3 is 0 Å². The Morgan fingerprint density at radius 2 is 2.00 bits per heavy atom. The predicted molar refractivity (Wildman–Crippen MR) is 58.0 cm³/mol. The first-order valence-electron chi connectivity index (χ1n) is 5.19. The van der Waals surface area contributed by atoms with Crippen molar-refractivity contribution in [2.24, 2.45) is 0 Å². The van der Waals surface area contributed by atoms with Crippen LogP contribution in [0.5, 0.6) is 0 Å². The van der Waals surface area contributed by atoms with Gasteiger partial charge in [0.1, 0.15) is 5.82 Å². The van der Waals surface area contributed by atoms with E-state index in [-0.39, 0.29) is 5.82 Å². The molecule has 0 atom stereocenters. The molecule has 14 heavy (non-hydrogen) atoms. The molecule has 0 heterocycles. The highest BCUT2D eigenvalue weighted by Gasteiger charge is 1.97. The van der Waals surface area contributed by atoms with E-state index < -0.39 is 0 Å². The molecule has 1 rings (SSSR count). The molecule has 0 aliphatic carbocycles. The largest absolute Gasteiger partial charge is 0.316 e. The molecule has 1 aromatic carbocycles. The number of hydrogen-bond acceptors (Lipinski definition) is 1. The van der Waals surface area contributed by atoms with Gasteiger partial charge in [-0.25, -0.2) is 4.39 Å². The van der Waals surface area contributed by atoms with E-state index >= 15 is 0 Å². The molecule has 2 heteroatoms. The number of rotatable bonds is 5. The summed E-state index contributed by atoms with van der Waals surface area (Å²) >= 11 is 0. The average molecular weight is 195 g/mol. The zero-order valence-electron chi connectivity index (χ0n) is 8.94. The van der Waals surface area contributed by atoms with E-state index in [1.54, 1.807) is 12.1 Å². The Hall–Kier alpha value is -0.890. The maximum absolute atomic E-state index is 13.0. The van der Waals surface area contributed by atoms with Gasteiger partial charge in [-0.3, -0.25) is 0 Å². The molecule has 0 bridgehead atoms. The van der Waals surface area contributed by atoms with Crippen molar-refractivity contribution in [2.45, 2.75) is 26.7 Å². The molecule has 0 radical (unpaired) electrons. The van der Waals surface area contributed by atoms with Gasteiger partial charge in [-0.2, -0.15) is 0 Å². The molecule has 1 aromatic rings. The third-order valence-corrected chi connectivity index (χ3v) is 2.12. The standard InChI is InChI=1S/C12H18FN/c1-3-5-14-6-4-11-7-10(2)8-12(13)9-11/h7-9,14H,3-6H2,1-2H3. The molecular formula is C12H18FN. The van der Waals surface area contributed by atoms with Gasteiger partial charge in [-0.05, 0) is 56.1 Å². The summed E-state index contributed by atoms with van der Waals surface area (Å²) < 4.78 is 13.0. The van der Waals surface area contributed by atoms with E-state index in [2.05, 4.69) is 12.2 Å². The van der Waals surface area contributed by atoms with E-state index in [1.807, 2.05) is 13.0 Å². The number of nitrogens with one attached hydrogen (secondary N) is 1. The molecule has 78 valence electrons. The zero-order chi connectivity index (χ0) is 10.4. The zero-order valence-corrected chi connectivity index (χ0v) is 8.94. The molecule has 1 N–H and O–H groups in total. The summed E-state index contributed by atoms with van der Waals surface area (Å²) in [5.74, 6) is -0.129. The minimum Gasteiger partial charge on any atom is -0.316 e. The fourth-order valence-electron chi connectivity index (χ4n) is 1.49. The Morgan fingerprint density at radius 3 is 2.64 bits per heavy atom. The van der Waals surface area contributed by atoms with E-state index in [1.165, 1.54) is 0 Å². The maximum Gasteiger partial charge on any atom is 0.123 e. The quantitative estimate of drug-likeness (QED) is 0.712. The average Bonchev–Trinajstić information content (AvgIpc) is 2.11. The van der Waals surface area contributed by atoms with Gasteiger partial charge in [0.25, 0.3) is 0 Å². The molecule has 0 amide bonds. The van der Waals surface area contributed by atoms with E-state index in [0.717, 1.165) is 37.1 Å². The van der Waals surface area contributed by atoms with E-state index in [0.29, 0.717) is 0 Å². The number of halogens is 1. The molecule has 0 aromatic heterocycles. The smallest absolute Gasteiger partial charge is 0.123 e. The lowest BCUT2D eigenvalue weighted by Crippen LogP contribution is -2.17. The molecule has 0 fully saturated rings. The van der Waals surface area contributed by atoms with Crippen LogP contribution >= 0.6 is 0 Å². The highest BCUT2D eigenvalue weighted by Crippen LogP contribution is 2.08. The fraction of sp³-hybridized carbons (Fsp3) is 0.500. The Morgan fingerprint density at radius 1 is 1.21 bits per heavy atom. The second-order valence-electron chi connectivity index (χ2n) is 3.64. The van der Waals surface area contributed by atoms with Crippen molar-refractivity contribution in [1.29, 1.82) is 0 Å². The van der Waals surface area contributed by atoms with Gasteiger partial charge in [0, 0.05) is 0 Å². The molecular weight excluding hydrogens is 177 g/mol. The van der Waals surface area contributed by atoms with Crippen LogP contribution in [0, 0.1) is 12.7 Å². The van der Waals surface area contributed by atoms with Crippen molar-refractivity contribution >= 4 is 0 Å². The predicted octanol–water partition coefficient (Wildman–Crippen LogP) is 2.68. The van der Waals surface area contributed by atoms with Crippen LogP contribution in [0.15, 0.2) is 18.2 Å². The second kappa shape index (κ2) is 5.76. The topological polar surface area (TPSA) is 12.0 Å². The highest BCUT2D eigenvalue weighted by atomic mass is 19.1.